The number of carbonyl (C=O) groups excluding carboxylic acids is 1. The molecule has 0 aliphatic heterocycles. The maximum atomic E-state index is 13.6. The van der Waals surface area contributed by atoms with Gasteiger partial charge in [-0.3, -0.25) is 4.79 Å². The minimum Gasteiger partial charge on any atom is -0.272 e. The van der Waals surface area contributed by atoms with Crippen LogP contribution in [-0.4, -0.2) is 22.9 Å². The molecule has 0 saturated heterocycles. The Kier molecular flexibility index (Phi) is 6.74. The van der Waals surface area contributed by atoms with E-state index in [2.05, 4.69) is 10.1 Å². The van der Waals surface area contributed by atoms with Gasteiger partial charge < -0.3 is 0 Å². The lowest BCUT2D eigenvalue weighted by molar-refractivity contribution is -0.118. The molecule has 0 saturated carbocycles. The van der Waals surface area contributed by atoms with E-state index in [9.17, 15) is 9.18 Å². The average Bonchev–Trinajstić information content (AvgIpc) is 3.18. The predicted octanol–water partition coefficient (Wildman–Crippen LogP) is 6.29. The van der Waals surface area contributed by atoms with Gasteiger partial charge in [0.15, 0.2) is 0 Å². The van der Waals surface area contributed by atoms with Crippen LogP contribution < -0.4 is 5.01 Å². The normalized spacial score (nSPS) is 11.3. The van der Waals surface area contributed by atoms with Gasteiger partial charge in [-0.15, -0.1) is 11.8 Å². The zero-order valence-corrected chi connectivity index (χ0v) is 18.5. The Labute approximate surface area is 188 Å². The molecule has 4 rings (SSSR count). The van der Waals surface area contributed by atoms with Crippen molar-refractivity contribution in [3.05, 3.63) is 89.7 Å². The molecule has 1 heterocycles. The number of aryl methyl sites for hydroxylation is 1. The number of amides is 1. The Morgan fingerprint density at radius 2 is 1.90 bits per heavy atom. The number of nitrogens with zero attached hydrogens (tertiary/aromatic N) is 3. The van der Waals surface area contributed by atoms with Crippen LogP contribution in [0.4, 0.5) is 9.52 Å². The van der Waals surface area contributed by atoms with E-state index in [1.807, 2.05) is 61.5 Å². The fourth-order valence-corrected chi connectivity index (χ4v) is 4.68. The summed E-state index contributed by atoms with van der Waals surface area (Å²) in [7, 11) is 0. The maximum Gasteiger partial charge on any atom is 0.250 e. The summed E-state index contributed by atoms with van der Waals surface area (Å²) in [6.07, 6.45) is 1.95. The van der Waals surface area contributed by atoms with Gasteiger partial charge in [0.05, 0.1) is 16.4 Å². The number of anilines is 1. The van der Waals surface area contributed by atoms with Crippen molar-refractivity contribution < 1.29 is 9.18 Å². The summed E-state index contributed by atoms with van der Waals surface area (Å²) >= 11 is 2.87. The first-order valence-electron chi connectivity index (χ1n) is 9.76. The lowest BCUT2D eigenvalue weighted by Crippen LogP contribution is -2.25. The third-order valence-electron chi connectivity index (χ3n) is 4.48. The van der Waals surface area contributed by atoms with Crippen LogP contribution in [-0.2, 0) is 4.79 Å². The van der Waals surface area contributed by atoms with Crippen LogP contribution in [0.2, 0.25) is 0 Å². The molecule has 0 aliphatic carbocycles. The number of thioether (sulfide) groups is 1. The number of hydrogen-bond acceptors (Lipinski definition) is 5. The van der Waals surface area contributed by atoms with Crippen LogP contribution in [0.25, 0.3) is 10.2 Å². The van der Waals surface area contributed by atoms with Crippen molar-refractivity contribution in [3.8, 4) is 0 Å². The minimum absolute atomic E-state index is 0.161. The van der Waals surface area contributed by atoms with Crippen molar-refractivity contribution in [3.63, 3.8) is 0 Å². The number of rotatable bonds is 7. The fourth-order valence-electron chi connectivity index (χ4n) is 2.85. The molecule has 0 radical (unpaired) electrons. The van der Waals surface area contributed by atoms with Gasteiger partial charge in [0, 0.05) is 17.1 Å². The second-order valence-corrected chi connectivity index (χ2v) is 9.06. The second kappa shape index (κ2) is 9.85. The molecule has 0 bridgehead atoms. The summed E-state index contributed by atoms with van der Waals surface area (Å²) in [4.78, 5) is 18.7. The summed E-state index contributed by atoms with van der Waals surface area (Å²) in [6, 6.07) is 22.2. The largest absolute Gasteiger partial charge is 0.272 e. The van der Waals surface area contributed by atoms with E-state index in [1.54, 1.807) is 24.0 Å². The van der Waals surface area contributed by atoms with Crippen molar-refractivity contribution >= 4 is 50.6 Å². The Morgan fingerprint density at radius 3 is 2.68 bits per heavy atom. The molecule has 3 aromatic carbocycles. The average molecular weight is 450 g/mol. The van der Waals surface area contributed by atoms with Crippen LogP contribution in [0.5, 0.6) is 0 Å². The summed E-state index contributed by atoms with van der Waals surface area (Å²) < 4.78 is 14.3. The second-order valence-electron chi connectivity index (χ2n) is 6.88. The standard InChI is InChI=1S/C24H20FN3OS2/c1-17-7-9-18(10-8-17)16-26-28(23(29)13-14-30-20-5-3-2-4-6-20)24-27-21-12-11-19(25)15-22(21)31-24/h2-12,15-16H,13-14H2,1H3/b26-16+. The van der Waals surface area contributed by atoms with Crippen molar-refractivity contribution in [1.82, 2.24) is 4.98 Å². The maximum absolute atomic E-state index is 13.6. The highest BCUT2D eigenvalue weighted by Gasteiger charge is 2.19. The summed E-state index contributed by atoms with van der Waals surface area (Å²) in [6.45, 7) is 2.02. The van der Waals surface area contributed by atoms with E-state index in [4.69, 9.17) is 0 Å². The molecule has 4 nitrogen and oxygen atoms in total. The van der Waals surface area contributed by atoms with E-state index < -0.39 is 0 Å². The number of hydrazone groups is 1. The number of halogens is 1. The zero-order chi connectivity index (χ0) is 21.6. The highest BCUT2D eigenvalue weighted by Crippen LogP contribution is 2.30. The van der Waals surface area contributed by atoms with Crippen molar-refractivity contribution in [2.75, 3.05) is 10.8 Å². The summed E-state index contributed by atoms with van der Waals surface area (Å²) in [5.74, 6) is 0.133. The Hall–Kier alpha value is -3.03. The van der Waals surface area contributed by atoms with E-state index in [0.717, 1.165) is 16.0 Å². The Morgan fingerprint density at radius 1 is 1.13 bits per heavy atom. The van der Waals surface area contributed by atoms with Crippen LogP contribution in [0.1, 0.15) is 17.5 Å². The molecule has 1 amide bonds. The number of hydrogen-bond donors (Lipinski definition) is 0. The van der Waals surface area contributed by atoms with E-state index >= 15 is 0 Å². The molecular formula is C24H20FN3OS2. The van der Waals surface area contributed by atoms with Crippen LogP contribution in [0, 0.1) is 12.7 Å². The van der Waals surface area contributed by atoms with E-state index in [0.29, 0.717) is 27.5 Å². The molecule has 0 N–H and O–H groups in total. The Balaban J connectivity index is 1.56. The molecule has 0 aliphatic rings. The third-order valence-corrected chi connectivity index (χ3v) is 6.49. The molecule has 0 unspecified atom stereocenters. The monoisotopic (exact) mass is 449 g/mol. The highest BCUT2D eigenvalue weighted by atomic mass is 32.2. The van der Waals surface area contributed by atoms with Crippen LogP contribution in [0.15, 0.2) is 82.8 Å². The molecule has 0 atom stereocenters. The van der Waals surface area contributed by atoms with Gasteiger partial charge >= 0.3 is 0 Å². The number of carbonyl (C=O) groups is 1. The molecule has 1 aromatic heterocycles. The molecule has 0 fully saturated rings. The van der Waals surface area contributed by atoms with Gasteiger partial charge in [-0.2, -0.15) is 10.1 Å². The van der Waals surface area contributed by atoms with Gasteiger partial charge in [-0.1, -0.05) is 59.4 Å². The fraction of sp³-hybridized carbons (Fsp3) is 0.125. The van der Waals surface area contributed by atoms with Crippen LogP contribution in [0.3, 0.4) is 0 Å². The van der Waals surface area contributed by atoms with Crippen LogP contribution >= 0.6 is 23.1 Å². The Bertz CT molecular complexity index is 1210. The first-order chi connectivity index (χ1) is 15.1. The molecule has 0 spiro atoms. The highest BCUT2D eigenvalue weighted by molar-refractivity contribution is 7.99. The topological polar surface area (TPSA) is 45.6 Å². The van der Waals surface area contributed by atoms with E-state index in [-0.39, 0.29) is 11.7 Å². The van der Waals surface area contributed by atoms with E-state index in [1.165, 1.54) is 28.5 Å². The van der Waals surface area contributed by atoms with Crippen molar-refractivity contribution in [1.29, 1.82) is 0 Å². The zero-order valence-electron chi connectivity index (χ0n) is 16.9. The number of benzene rings is 3. The molecule has 4 aromatic rings. The quantitative estimate of drug-likeness (QED) is 0.189. The first-order valence-corrected chi connectivity index (χ1v) is 11.6. The number of aromatic nitrogens is 1. The van der Waals surface area contributed by atoms with Gasteiger partial charge in [0.25, 0.3) is 0 Å². The lowest BCUT2D eigenvalue weighted by Gasteiger charge is -2.13. The number of fused-ring (bicyclic) bond motifs is 1. The molecule has 31 heavy (non-hydrogen) atoms. The summed E-state index contributed by atoms with van der Waals surface area (Å²) in [5, 5.41) is 6.20. The molecule has 156 valence electrons. The van der Waals surface area contributed by atoms with Crippen molar-refractivity contribution in [2.24, 2.45) is 5.10 Å². The van der Waals surface area contributed by atoms with Gasteiger partial charge in [0.1, 0.15) is 5.82 Å². The first kappa shape index (κ1) is 21.2. The minimum atomic E-state index is -0.331. The third kappa shape index (κ3) is 5.57. The summed E-state index contributed by atoms with van der Waals surface area (Å²) in [5.41, 5.74) is 2.67. The predicted molar refractivity (Wildman–Crippen MR) is 128 cm³/mol. The molecular weight excluding hydrogens is 429 g/mol. The number of thiazole rings is 1. The van der Waals surface area contributed by atoms with Gasteiger partial charge in [-0.05, 0) is 42.8 Å². The van der Waals surface area contributed by atoms with Crippen molar-refractivity contribution in [2.45, 2.75) is 18.2 Å². The van der Waals surface area contributed by atoms with Gasteiger partial charge in [0.2, 0.25) is 11.0 Å². The molecule has 7 heteroatoms. The lowest BCUT2D eigenvalue weighted by atomic mass is 10.2. The van der Waals surface area contributed by atoms with Gasteiger partial charge in [-0.25, -0.2) is 9.37 Å². The smallest absolute Gasteiger partial charge is 0.250 e. The SMILES string of the molecule is Cc1ccc(/C=N/N(C(=O)CCSc2ccccc2)c2nc3ccc(F)cc3s2)cc1.